The molecule has 0 aromatic carbocycles. The van der Waals surface area contributed by atoms with Gasteiger partial charge in [-0.2, -0.15) is 0 Å². The van der Waals surface area contributed by atoms with Crippen LogP contribution in [0, 0.1) is 0 Å². The van der Waals surface area contributed by atoms with Gasteiger partial charge in [0, 0.05) is 20.6 Å². The number of nitrogens with zero attached hydrogens (tertiary/aromatic N) is 2. The van der Waals surface area contributed by atoms with E-state index in [9.17, 15) is 9.90 Å². The van der Waals surface area contributed by atoms with Gasteiger partial charge in [-0.25, -0.2) is 4.79 Å². The number of amides is 2. The van der Waals surface area contributed by atoms with Gasteiger partial charge in [0.1, 0.15) is 0 Å². The summed E-state index contributed by atoms with van der Waals surface area (Å²) in [5.74, 6) is 0. The van der Waals surface area contributed by atoms with Crippen LogP contribution in [-0.2, 0) is 0 Å². The Morgan fingerprint density at radius 3 is 2.64 bits per heavy atom. The van der Waals surface area contributed by atoms with Crippen LogP contribution in [0.2, 0.25) is 0 Å². The van der Waals surface area contributed by atoms with Crippen molar-refractivity contribution in [3.63, 3.8) is 0 Å². The molecule has 2 unspecified atom stereocenters. The number of urea groups is 1. The summed E-state index contributed by atoms with van der Waals surface area (Å²) in [5.41, 5.74) is 0. The van der Waals surface area contributed by atoms with Gasteiger partial charge in [-0.1, -0.05) is 0 Å². The topological polar surface area (TPSA) is 43.8 Å². The molecule has 1 heterocycles. The molecule has 0 aromatic rings. The molecule has 4 heteroatoms. The maximum Gasteiger partial charge on any atom is 0.319 e. The summed E-state index contributed by atoms with van der Waals surface area (Å²) in [5, 5.41) is 9.57. The fraction of sp³-hybridized carbons (Fsp3) is 0.900. The lowest BCUT2D eigenvalue weighted by Gasteiger charge is -2.38. The van der Waals surface area contributed by atoms with Crippen molar-refractivity contribution >= 4 is 6.03 Å². The van der Waals surface area contributed by atoms with Crippen molar-refractivity contribution in [3.05, 3.63) is 0 Å². The van der Waals surface area contributed by atoms with Crippen molar-refractivity contribution in [3.8, 4) is 0 Å². The monoisotopic (exact) mass is 200 g/mol. The van der Waals surface area contributed by atoms with E-state index >= 15 is 0 Å². The Hall–Kier alpha value is -0.770. The summed E-state index contributed by atoms with van der Waals surface area (Å²) in [7, 11) is 3.49. The second kappa shape index (κ2) is 4.64. The van der Waals surface area contributed by atoms with Crippen molar-refractivity contribution in [1.82, 2.24) is 9.80 Å². The highest BCUT2D eigenvalue weighted by molar-refractivity contribution is 5.74. The van der Waals surface area contributed by atoms with E-state index in [0.717, 1.165) is 25.8 Å². The minimum Gasteiger partial charge on any atom is -0.391 e. The third-order valence-electron chi connectivity index (χ3n) is 2.73. The first kappa shape index (κ1) is 11.3. The van der Waals surface area contributed by atoms with E-state index in [2.05, 4.69) is 0 Å². The highest BCUT2D eigenvalue weighted by Crippen LogP contribution is 2.20. The number of hydrogen-bond acceptors (Lipinski definition) is 2. The smallest absolute Gasteiger partial charge is 0.319 e. The third kappa shape index (κ3) is 2.38. The average Bonchev–Trinajstić information content (AvgIpc) is 2.16. The first-order chi connectivity index (χ1) is 6.54. The van der Waals surface area contributed by atoms with Crippen molar-refractivity contribution in [2.24, 2.45) is 0 Å². The number of rotatable bonds is 1. The number of likely N-dealkylation sites (tertiary alicyclic amines) is 1. The minimum atomic E-state index is -0.431. The fourth-order valence-electron chi connectivity index (χ4n) is 1.95. The van der Waals surface area contributed by atoms with Gasteiger partial charge >= 0.3 is 6.03 Å². The summed E-state index contributed by atoms with van der Waals surface area (Å²) < 4.78 is 0. The van der Waals surface area contributed by atoms with E-state index < -0.39 is 6.10 Å². The molecule has 0 aromatic heterocycles. The van der Waals surface area contributed by atoms with Crippen LogP contribution < -0.4 is 0 Å². The average molecular weight is 200 g/mol. The van der Waals surface area contributed by atoms with E-state index in [4.69, 9.17) is 0 Å². The number of aliphatic hydroxyl groups is 1. The summed E-state index contributed by atoms with van der Waals surface area (Å²) in [6.07, 6.45) is 2.63. The Bertz CT molecular complexity index is 204. The molecule has 1 aliphatic rings. The molecule has 2 amide bonds. The molecule has 14 heavy (non-hydrogen) atoms. The number of carbonyl (C=O) groups excluding carboxylic acids is 1. The molecule has 1 saturated heterocycles. The first-order valence-electron chi connectivity index (χ1n) is 5.20. The fourth-order valence-corrected chi connectivity index (χ4v) is 1.95. The van der Waals surface area contributed by atoms with Crippen molar-refractivity contribution in [1.29, 1.82) is 0 Å². The lowest BCUT2D eigenvalue weighted by Crippen LogP contribution is -2.52. The second-order valence-corrected chi connectivity index (χ2v) is 4.17. The molecule has 4 nitrogen and oxygen atoms in total. The molecule has 0 radical (unpaired) electrons. The normalized spacial score (nSPS) is 24.6. The highest BCUT2D eigenvalue weighted by Gasteiger charge is 2.30. The Morgan fingerprint density at radius 2 is 2.14 bits per heavy atom. The SMILES string of the molecule is CC(O)C1CCCCN1C(=O)N(C)C. The van der Waals surface area contributed by atoms with Gasteiger partial charge in [0.15, 0.2) is 0 Å². The molecular weight excluding hydrogens is 180 g/mol. The van der Waals surface area contributed by atoms with Crippen LogP contribution in [0.4, 0.5) is 4.79 Å². The summed E-state index contributed by atoms with van der Waals surface area (Å²) in [4.78, 5) is 15.1. The minimum absolute atomic E-state index is 0.00125. The molecule has 0 bridgehead atoms. The first-order valence-corrected chi connectivity index (χ1v) is 5.20. The lowest BCUT2D eigenvalue weighted by molar-refractivity contribution is 0.0482. The zero-order valence-electron chi connectivity index (χ0n) is 9.23. The Kier molecular flexibility index (Phi) is 3.75. The van der Waals surface area contributed by atoms with E-state index in [1.807, 2.05) is 0 Å². The van der Waals surface area contributed by atoms with Gasteiger partial charge in [-0.15, -0.1) is 0 Å². The standard InChI is InChI=1S/C10H20N2O2/c1-8(13)9-6-4-5-7-12(9)10(14)11(2)3/h8-9,13H,4-7H2,1-3H3. The second-order valence-electron chi connectivity index (χ2n) is 4.17. The molecule has 0 aliphatic carbocycles. The van der Waals surface area contributed by atoms with Crippen LogP contribution in [0.15, 0.2) is 0 Å². The Labute approximate surface area is 85.5 Å². The number of hydrogen-bond donors (Lipinski definition) is 1. The number of piperidine rings is 1. The molecule has 0 spiro atoms. The van der Waals surface area contributed by atoms with E-state index in [-0.39, 0.29) is 12.1 Å². The van der Waals surface area contributed by atoms with Gasteiger partial charge in [-0.05, 0) is 26.2 Å². The number of aliphatic hydroxyl groups excluding tert-OH is 1. The van der Waals surface area contributed by atoms with E-state index in [1.165, 1.54) is 0 Å². The van der Waals surface area contributed by atoms with Crippen LogP contribution in [0.5, 0.6) is 0 Å². The maximum atomic E-state index is 11.8. The van der Waals surface area contributed by atoms with Crippen LogP contribution in [0.1, 0.15) is 26.2 Å². The van der Waals surface area contributed by atoms with Gasteiger partial charge in [0.25, 0.3) is 0 Å². The van der Waals surface area contributed by atoms with Gasteiger partial charge in [0.2, 0.25) is 0 Å². The summed E-state index contributed by atoms with van der Waals surface area (Å²) in [6, 6.07) is 0.00856. The van der Waals surface area contributed by atoms with Gasteiger partial charge < -0.3 is 14.9 Å². The molecule has 0 saturated carbocycles. The maximum absolute atomic E-state index is 11.8. The quantitative estimate of drug-likeness (QED) is 0.683. The molecule has 1 fully saturated rings. The third-order valence-corrected chi connectivity index (χ3v) is 2.73. The predicted molar refractivity (Wildman–Crippen MR) is 55.1 cm³/mol. The van der Waals surface area contributed by atoms with Gasteiger partial charge in [0.05, 0.1) is 12.1 Å². The van der Waals surface area contributed by atoms with Crippen molar-refractivity contribution < 1.29 is 9.90 Å². The molecule has 1 rings (SSSR count). The van der Waals surface area contributed by atoms with Gasteiger partial charge in [-0.3, -0.25) is 0 Å². The predicted octanol–water partition coefficient (Wildman–Crippen LogP) is 0.903. The Balaban J connectivity index is 2.67. The molecule has 82 valence electrons. The summed E-state index contributed by atoms with van der Waals surface area (Å²) >= 11 is 0. The zero-order chi connectivity index (χ0) is 10.7. The van der Waals surface area contributed by atoms with E-state index in [1.54, 1.807) is 30.8 Å². The largest absolute Gasteiger partial charge is 0.391 e. The molecular formula is C10H20N2O2. The molecule has 2 atom stereocenters. The zero-order valence-corrected chi connectivity index (χ0v) is 9.23. The molecule has 1 aliphatic heterocycles. The Morgan fingerprint density at radius 1 is 1.50 bits per heavy atom. The van der Waals surface area contributed by atoms with Crippen LogP contribution in [0.25, 0.3) is 0 Å². The van der Waals surface area contributed by atoms with Crippen LogP contribution >= 0.6 is 0 Å². The molecule has 1 N–H and O–H groups in total. The summed E-state index contributed by atoms with van der Waals surface area (Å²) in [6.45, 7) is 2.53. The van der Waals surface area contributed by atoms with Crippen LogP contribution in [-0.4, -0.2) is 53.7 Å². The number of carbonyl (C=O) groups is 1. The van der Waals surface area contributed by atoms with Crippen molar-refractivity contribution in [2.45, 2.75) is 38.3 Å². The van der Waals surface area contributed by atoms with Crippen molar-refractivity contribution in [2.75, 3.05) is 20.6 Å². The highest BCUT2D eigenvalue weighted by atomic mass is 16.3. The lowest BCUT2D eigenvalue weighted by atomic mass is 9.98. The van der Waals surface area contributed by atoms with E-state index in [0.29, 0.717) is 0 Å². The van der Waals surface area contributed by atoms with Crippen LogP contribution in [0.3, 0.4) is 0 Å².